The number of hydrogen-bond acceptors (Lipinski definition) is 13. The Morgan fingerprint density at radius 2 is 1.53 bits per heavy atom. The summed E-state index contributed by atoms with van der Waals surface area (Å²) in [5, 5.41) is 7.80. The number of carbonyl (C=O) groups excluding carboxylic acids is 2. The number of carbonyl (C=O) groups is 2. The third kappa shape index (κ3) is 11.8. The molecule has 0 spiro atoms. The highest BCUT2D eigenvalue weighted by Crippen LogP contribution is 2.39. The second-order valence-electron chi connectivity index (χ2n) is 12.7. The molecule has 60 heavy (non-hydrogen) atoms. The van der Waals surface area contributed by atoms with E-state index in [1.54, 1.807) is 62.2 Å². The molecule has 0 unspecified atom stereocenters. The summed E-state index contributed by atoms with van der Waals surface area (Å²) in [6, 6.07) is 27.0. The van der Waals surface area contributed by atoms with Gasteiger partial charge in [0.05, 0.1) is 43.9 Å². The zero-order chi connectivity index (χ0) is 43.0. The normalized spacial score (nSPS) is 12.7. The lowest BCUT2D eigenvalue weighted by molar-refractivity contribution is -0.133. The molecule has 0 aliphatic heterocycles. The zero-order valence-corrected chi connectivity index (χ0v) is 35.3. The van der Waals surface area contributed by atoms with Crippen LogP contribution in [0.3, 0.4) is 0 Å². The van der Waals surface area contributed by atoms with Gasteiger partial charge in [0.1, 0.15) is 36.3 Å². The van der Waals surface area contributed by atoms with Gasteiger partial charge in [0.25, 0.3) is 17.7 Å². The number of oxime groups is 1. The molecular formula is C44H43ClFN5O8S. The number of halogens is 2. The molecular weight excluding hydrogens is 813 g/mol. The number of methoxy groups -OCH3 is 3. The van der Waals surface area contributed by atoms with Crippen LogP contribution in [0, 0.1) is 18.7 Å². The van der Waals surface area contributed by atoms with Crippen molar-refractivity contribution in [3.8, 4) is 29.0 Å². The van der Waals surface area contributed by atoms with E-state index < -0.39 is 23.6 Å². The molecule has 1 aliphatic carbocycles. The third-order valence-corrected chi connectivity index (χ3v) is 10.3. The minimum atomic E-state index is -0.929. The molecule has 1 N–H and O–H groups in total. The lowest BCUT2D eigenvalue weighted by atomic mass is 10.0. The van der Waals surface area contributed by atoms with Gasteiger partial charge in [-0.05, 0) is 79.4 Å². The van der Waals surface area contributed by atoms with Crippen molar-refractivity contribution in [2.24, 2.45) is 16.1 Å². The SMILES string of the molecule is CNC(=O)C(=NOC)c1ccccc1Oc1ncnc(Oc2cccc(Cl)c2C)c1F.COC=C(C(=O)OC)c1ccccc1CSC(=Nc1ccc(OC)cc1)C1CC1. The van der Waals surface area contributed by atoms with Crippen LogP contribution < -0.4 is 19.5 Å². The van der Waals surface area contributed by atoms with Crippen LogP contribution >= 0.6 is 23.4 Å². The van der Waals surface area contributed by atoms with Gasteiger partial charge in [-0.25, -0.2) is 9.79 Å². The fourth-order valence-corrected chi connectivity index (χ4v) is 6.79. The van der Waals surface area contributed by atoms with Crippen LogP contribution in [0.4, 0.5) is 10.1 Å². The highest BCUT2D eigenvalue weighted by atomic mass is 35.5. The van der Waals surface area contributed by atoms with Gasteiger partial charge in [-0.1, -0.05) is 59.2 Å². The van der Waals surface area contributed by atoms with Crippen LogP contribution in [0.25, 0.3) is 5.57 Å². The standard InChI is InChI=1S/C23H25NO4S.C21H18ClFN4O4/c1-26-14-21(23(25)28-3)20-7-5-4-6-17(20)15-29-22(16-8-9-16)24-18-10-12-19(27-2)13-11-18;1-12-14(22)8-6-10-15(12)30-20-17(23)21(26-11-25-20)31-16-9-5-4-7-13(16)18(27-29-3)19(28)24-2/h4-7,10-14,16H,8-9,15H2,1-3H3;4-11H,1-3H3,(H,24,28). The van der Waals surface area contributed by atoms with Crippen molar-refractivity contribution >= 4 is 57.3 Å². The molecule has 13 nitrogen and oxygen atoms in total. The van der Waals surface area contributed by atoms with Crippen molar-refractivity contribution < 1.29 is 42.5 Å². The number of hydrogen-bond donors (Lipinski definition) is 1. The van der Waals surface area contributed by atoms with Crippen LogP contribution in [0.1, 0.15) is 35.1 Å². The Balaban J connectivity index is 0.000000228. The third-order valence-electron chi connectivity index (χ3n) is 8.69. The van der Waals surface area contributed by atoms with Crippen LogP contribution in [-0.2, 0) is 29.7 Å². The molecule has 0 atom stereocenters. The number of aliphatic imine (C=N–C) groups is 1. The Morgan fingerprint density at radius 3 is 2.17 bits per heavy atom. The first-order chi connectivity index (χ1) is 29.1. The van der Waals surface area contributed by atoms with Crippen molar-refractivity contribution in [3.63, 3.8) is 0 Å². The molecule has 6 rings (SSSR count). The quantitative estimate of drug-likeness (QED) is 0.0268. The maximum Gasteiger partial charge on any atom is 0.341 e. The maximum absolute atomic E-state index is 15.0. The molecule has 16 heteroatoms. The minimum absolute atomic E-state index is 0.0545. The van der Waals surface area contributed by atoms with E-state index in [4.69, 9.17) is 45.1 Å². The van der Waals surface area contributed by atoms with E-state index in [-0.39, 0.29) is 22.9 Å². The largest absolute Gasteiger partial charge is 0.503 e. The van der Waals surface area contributed by atoms with Gasteiger partial charge in [-0.2, -0.15) is 14.4 Å². The first-order valence-corrected chi connectivity index (χ1v) is 19.8. The molecule has 0 saturated heterocycles. The Morgan fingerprint density at radius 1 is 0.883 bits per heavy atom. The number of rotatable bonds is 15. The van der Waals surface area contributed by atoms with Crippen molar-refractivity contribution in [2.75, 3.05) is 35.5 Å². The number of benzene rings is 4. The summed E-state index contributed by atoms with van der Waals surface area (Å²) in [5.41, 5.74) is 4.02. The first kappa shape index (κ1) is 44.6. The van der Waals surface area contributed by atoms with Gasteiger partial charge in [-0.15, -0.1) is 11.8 Å². The molecule has 1 aromatic heterocycles. The topological polar surface area (TPSA) is 152 Å². The highest BCUT2D eigenvalue weighted by molar-refractivity contribution is 8.13. The van der Waals surface area contributed by atoms with Crippen molar-refractivity contribution in [1.82, 2.24) is 15.3 Å². The highest BCUT2D eigenvalue weighted by Gasteiger charge is 2.29. The number of para-hydroxylation sites is 1. The van der Waals surface area contributed by atoms with E-state index in [1.807, 2.05) is 48.5 Å². The number of aromatic nitrogens is 2. The Hall–Kier alpha value is -6.45. The molecule has 5 aromatic rings. The molecule has 0 bridgehead atoms. The minimum Gasteiger partial charge on any atom is -0.503 e. The average molecular weight is 856 g/mol. The number of nitrogens with zero attached hydrogens (tertiary/aromatic N) is 4. The van der Waals surface area contributed by atoms with Crippen LogP contribution in [0.2, 0.25) is 5.02 Å². The summed E-state index contributed by atoms with van der Waals surface area (Å²) in [5.74, 6) is -0.0880. The Labute approximate surface area is 356 Å². The number of likely N-dealkylation sites (N-methyl/N-ethyl adjacent to an activating group) is 1. The molecule has 0 radical (unpaired) electrons. The summed E-state index contributed by atoms with van der Waals surface area (Å²) in [6.07, 6.45) is 4.86. The van der Waals surface area contributed by atoms with Crippen LogP contribution in [-0.4, -0.2) is 68.1 Å². The van der Waals surface area contributed by atoms with Crippen molar-refractivity contribution in [2.45, 2.75) is 25.5 Å². The van der Waals surface area contributed by atoms with Gasteiger partial charge in [0.2, 0.25) is 5.82 Å². The summed E-state index contributed by atoms with van der Waals surface area (Å²) in [7, 11) is 7.30. The number of amides is 1. The molecule has 1 saturated carbocycles. The molecule has 1 aliphatic rings. The Kier molecular flexibility index (Phi) is 16.4. The van der Waals surface area contributed by atoms with Gasteiger partial charge < -0.3 is 33.8 Å². The fourth-order valence-electron chi connectivity index (χ4n) is 5.43. The Bertz CT molecular complexity index is 2370. The van der Waals surface area contributed by atoms with E-state index in [9.17, 15) is 9.59 Å². The van der Waals surface area contributed by atoms with E-state index in [0.29, 0.717) is 33.6 Å². The zero-order valence-electron chi connectivity index (χ0n) is 33.7. The van der Waals surface area contributed by atoms with Gasteiger partial charge in [-0.3, -0.25) is 4.79 Å². The first-order valence-electron chi connectivity index (χ1n) is 18.4. The number of nitrogens with one attached hydrogen (secondary N) is 1. The summed E-state index contributed by atoms with van der Waals surface area (Å²) in [6.45, 7) is 1.74. The number of ether oxygens (including phenoxy) is 5. The predicted octanol–water partition coefficient (Wildman–Crippen LogP) is 9.49. The smallest absolute Gasteiger partial charge is 0.341 e. The van der Waals surface area contributed by atoms with E-state index in [1.165, 1.54) is 53.5 Å². The van der Waals surface area contributed by atoms with Gasteiger partial charge in [0, 0.05) is 29.3 Å². The fraction of sp³-hybridized carbons (Fsp3) is 0.227. The lowest BCUT2D eigenvalue weighted by Crippen LogP contribution is -2.28. The molecule has 1 amide bonds. The van der Waals surface area contributed by atoms with Crippen molar-refractivity contribution in [3.05, 3.63) is 137 Å². The van der Waals surface area contributed by atoms with E-state index >= 15 is 4.39 Å². The monoisotopic (exact) mass is 855 g/mol. The van der Waals surface area contributed by atoms with Gasteiger partial charge in [0.15, 0.2) is 5.71 Å². The predicted molar refractivity (Wildman–Crippen MR) is 230 cm³/mol. The summed E-state index contributed by atoms with van der Waals surface area (Å²) >= 11 is 7.80. The summed E-state index contributed by atoms with van der Waals surface area (Å²) < 4.78 is 41.5. The second kappa shape index (κ2) is 22.1. The second-order valence-corrected chi connectivity index (χ2v) is 14.1. The van der Waals surface area contributed by atoms with Crippen LogP contribution in [0.5, 0.6) is 29.0 Å². The van der Waals surface area contributed by atoms with Crippen molar-refractivity contribution in [1.29, 1.82) is 0 Å². The molecule has 1 heterocycles. The average Bonchev–Trinajstić information content (AvgIpc) is 4.13. The summed E-state index contributed by atoms with van der Waals surface area (Å²) in [4.78, 5) is 41.7. The molecule has 1 fully saturated rings. The van der Waals surface area contributed by atoms with Gasteiger partial charge >= 0.3 is 5.97 Å². The molecule has 4 aromatic carbocycles. The van der Waals surface area contributed by atoms with E-state index in [0.717, 1.165) is 33.9 Å². The number of esters is 1. The molecule has 312 valence electrons. The number of thioether (sulfide) groups is 1. The van der Waals surface area contributed by atoms with E-state index in [2.05, 4.69) is 20.4 Å². The van der Waals surface area contributed by atoms with Crippen LogP contribution in [0.15, 0.2) is 114 Å². The maximum atomic E-state index is 15.0. The lowest BCUT2D eigenvalue weighted by Gasteiger charge is -2.13.